The minimum absolute atomic E-state index is 0.0792. The molecule has 2 heteroatoms. The van der Waals surface area contributed by atoms with E-state index in [0.29, 0.717) is 23.5 Å². The topological polar surface area (TPSA) is 37.3 Å². The molecule has 0 bridgehead atoms. The zero-order valence-corrected chi connectivity index (χ0v) is 16.1. The number of fused-ring (bicyclic) bond motifs is 5. The summed E-state index contributed by atoms with van der Waals surface area (Å²) >= 11 is 0. The van der Waals surface area contributed by atoms with Gasteiger partial charge >= 0.3 is 0 Å². The first-order chi connectivity index (χ1) is 11.0. The monoisotopic (exact) mass is 330 g/mol. The third-order valence-corrected chi connectivity index (χ3v) is 9.27. The maximum Gasteiger partial charge on any atom is 0.142 e. The largest absolute Gasteiger partial charge is 0.390 e. The molecule has 1 N–H and O–H groups in total. The van der Waals surface area contributed by atoms with E-state index in [0.717, 1.165) is 32.1 Å². The molecular formula is C22H34O2. The Morgan fingerprint density at radius 1 is 1.00 bits per heavy atom. The van der Waals surface area contributed by atoms with Crippen LogP contribution < -0.4 is 0 Å². The highest BCUT2D eigenvalue weighted by Gasteiger charge is 2.63. The van der Waals surface area contributed by atoms with Crippen molar-refractivity contribution in [3.05, 3.63) is 11.6 Å². The van der Waals surface area contributed by atoms with Gasteiger partial charge in [-0.3, -0.25) is 4.79 Å². The molecule has 134 valence electrons. The summed E-state index contributed by atoms with van der Waals surface area (Å²) in [6.45, 7) is 11.1. The Morgan fingerprint density at radius 2 is 1.67 bits per heavy atom. The first-order valence-corrected chi connectivity index (χ1v) is 10.0. The summed E-state index contributed by atoms with van der Waals surface area (Å²) in [5.41, 5.74) is 0.919. The van der Waals surface area contributed by atoms with Crippen molar-refractivity contribution < 1.29 is 9.90 Å². The van der Waals surface area contributed by atoms with Crippen LogP contribution in [0, 0.1) is 34.0 Å². The molecule has 0 unspecified atom stereocenters. The minimum atomic E-state index is -0.505. The standard InChI is InChI=1S/C22H34O2/c1-19(2)17-7-6-14-15(20(17,3)11-10-18(19)23)8-12-21(4)16(14)9-13-22(21,5)24/h7,14-16,24H,6,8-13H2,1-5H3/t14-,15+,16-,20+,21+,22+/m1/s1. The molecule has 0 spiro atoms. The molecule has 4 rings (SSSR count). The van der Waals surface area contributed by atoms with Crippen LogP contribution in [0.1, 0.15) is 79.6 Å². The lowest BCUT2D eigenvalue weighted by atomic mass is 9.44. The van der Waals surface area contributed by atoms with E-state index in [9.17, 15) is 9.90 Å². The van der Waals surface area contributed by atoms with Crippen LogP contribution in [0.2, 0.25) is 0 Å². The van der Waals surface area contributed by atoms with E-state index in [-0.39, 0.29) is 16.2 Å². The molecule has 4 aliphatic rings. The predicted octanol–water partition coefficient (Wildman–Crippen LogP) is 4.91. The third-order valence-electron chi connectivity index (χ3n) is 9.27. The molecule has 0 saturated heterocycles. The van der Waals surface area contributed by atoms with Crippen molar-refractivity contribution in [3.8, 4) is 0 Å². The molecule has 0 amide bonds. The molecule has 24 heavy (non-hydrogen) atoms. The number of rotatable bonds is 0. The second-order valence-corrected chi connectivity index (χ2v) is 10.5. The zero-order chi connectivity index (χ0) is 17.5. The van der Waals surface area contributed by atoms with Crippen molar-refractivity contribution in [1.82, 2.24) is 0 Å². The molecule has 0 heterocycles. The summed E-state index contributed by atoms with van der Waals surface area (Å²) in [7, 11) is 0. The van der Waals surface area contributed by atoms with Crippen molar-refractivity contribution in [2.75, 3.05) is 0 Å². The first-order valence-electron chi connectivity index (χ1n) is 10.0. The van der Waals surface area contributed by atoms with Gasteiger partial charge in [0.05, 0.1) is 5.60 Å². The summed E-state index contributed by atoms with van der Waals surface area (Å²) in [6, 6.07) is 0. The number of carbonyl (C=O) groups excluding carboxylic acids is 1. The van der Waals surface area contributed by atoms with E-state index in [1.54, 1.807) is 0 Å². The van der Waals surface area contributed by atoms with Crippen molar-refractivity contribution in [2.45, 2.75) is 85.2 Å². The second kappa shape index (κ2) is 4.75. The van der Waals surface area contributed by atoms with Crippen LogP contribution in [-0.4, -0.2) is 16.5 Å². The molecule has 0 aliphatic heterocycles. The van der Waals surface area contributed by atoms with Crippen molar-refractivity contribution >= 4 is 5.78 Å². The van der Waals surface area contributed by atoms with Gasteiger partial charge < -0.3 is 5.11 Å². The number of hydrogen-bond acceptors (Lipinski definition) is 2. The van der Waals surface area contributed by atoms with Crippen LogP contribution in [0.25, 0.3) is 0 Å². The van der Waals surface area contributed by atoms with Gasteiger partial charge in [0.25, 0.3) is 0 Å². The highest BCUT2D eigenvalue weighted by Crippen LogP contribution is 2.68. The average Bonchev–Trinajstić information content (AvgIpc) is 2.74. The Kier molecular flexibility index (Phi) is 3.33. The smallest absolute Gasteiger partial charge is 0.142 e. The molecule has 6 atom stereocenters. The van der Waals surface area contributed by atoms with Crippen LogP contribution >= 0.6 is 0 Å². The molecule has 0 aromatic heterocycles. The summed E-state index contributed by atoms with van der Waals surface area (Å²) < 4.78 is 0. The molecule has 0 aromatic carbocycles. The maximum absolute atomic E-state index is 12.5. The summed E-state index contributed by atoms with van der Waals surface area (Å²) in [4.78, 5) is 12.5. The number of Topliss-reactive ketones (excluding diaryl/α,β-unsaturated/α-hetero) is 1. The Morgan fingerprint density at radius 3 is 2.38 bits per heavy atom. The van der Waals surface area contributed by atoms with Gasteiger partial charge in [-0.05, 0) is 87.9 Å². The summed E-state index contributed by atoms with van der Waals surface area (Å²) in [6.07, 6.45) is 9.81. The van der Waals surface area contributed by atoms with E-state index in [4.69, 9.17) is 0 Å². The number of aliphatic hydroxyl groups is 1. The fourth-order valence-electron chi connectivity index (χ4n) is 7.46. The van der Waals surface area contributed by atoms with Crippen LogP contribution in [-0.2, 0) is 4.79 Å². The van der Waals surface area contributed by atoms with Crippen LogP contribution in [0.5, 0.6) is 0 Å². The van der Waals surface area contributed by atoms with E-state index in [1.807, 2.05) is 0 Å². The Hall–Kier alpha value is -0.630. The van der Waals surface area contributed by atoms with Gasteiger partial charge in [-0.25, -0.2) is 0 Å². The molecular weight excluding hydrogens is 296 g/mol. The van der Waals surface area contributed by atoms with E-state index in [1.165, 1.54) is 18.4 Å². The van der Waals surface area contributed by atoms with Gasteiger partial charge in [0.2, 0.25) is 0 Å². The van der Waals surface area contributed by atoms with Gasteiger partial charge in [0.1, 0.15) is 5.78 Å². The zero-order valence-electron chi connectivity index (χ0n) is 16.1. The quantitative estimate of drug-likeness (QED) is 0.641. The van der Waals surface area contributed by atoms with E-state index >= 15 is 0 Å². The number of hydrogen-bond donors (Lipinski definition) is 1. The van der Waals surface area contributed by atoms with Crippen LogP contribution in [0.15, 0.2) is 11.6 Å². The molecule has 0 radical (unpaired) electrons. The highest BCUT2D eigenvalue weighted by molar-refractivity contribution is 5.89. The normalized spacial score (nSPS) is 53.0. The predicted molar refractivity (Wildman–Crippen MR) is 96.5 cm³/mol. The summed E-state index contributed by atoms with van der Waals surface area (Å²) in [5, 5.41) is 11.0. The Bertz CT molecular complexity index is 613. The Balaban J connectivity index is 1.75. The van der Waals surface area contributed by atoms with Crippen molar-refractivity contribution in [2.24, 2.45) is 34.0 Å². The molecule has 3 saturated carbocycles. The molecule has 3 fully saturated rings. The van der Waals surface area contributed by atoms with Gasteiger partial charge in [0.15, 0.2) is 0 Å². The SMILES string of the molecule is CC1(C)C(=O)CC[C@]2(C)C1=CC[C@H]1[C@H]3CC[C@](C)(O)[C@@]3(C)CC[C@@H]12. The average molecular weight is 331 g/mol. The Labute approximate surface area is 147 Å². The fourth-order valence-corrected chi connectivity index (χ4v) is 7.46. The highest BCUT2D eigenvalue weighted by atomic mass is 16.3. The third kappa shape index (κ3) is 1.84. The lowest BCUT2D eigenvalue weighted by Gasteiger charge is -2.60. The van der Waals surface area contributed by atoms with Gasteiger partial charge in [-0.15, -0.1) is 0 Å². The molecule has 4 aliphatic carbocycles. The van der Waals surface area contributed by atoms with Gasteiger partial charge in [-0.1, -0.05) is 25.5 Å². The second-order valence-electron chi connectivity index (χ2n) is 10.5. The minimum Gasteiger partial charge on any atom is -0.390 e. The van der Waals surface area contributed by atoms with Crippen molar-refractivity contribution in [1.29, 1.82) is 0 Å². The van der Waals surface area contributed by atoms with Gasteiger partial charge in [-0.2, -0.15) is 0 Å². The van der Waals surface area contributed by atoms with E-state index in [2.05, 4.69) is 40.7 Å². The summed E-state index contributed by atoms with van der Waals surface area (Å²) in [5.74, 6) is 2.45. The van der Waals surface area contributed by atoms with Gasteiger partial charge in [0, 0.05) is 11.8 Å². The molecule has 2 nitrogen and oxygen atoms in total. The van der Waals surface area contributed by atoms with Crippen LogP contribution in [0.4, 0.5) is 0 Å². The van der Waals surface area contributed by atoms with Crippen LogP contribution in [0.3, 0.4) is 0 Å². The molecule has 0 aromatic rings. The number of ketones is 1. The fraction of sp³-hybridized carbons (Fsp3) is 0.864. The van der Waals surface area contributed by atoms with E-state index < -0.39 is 5.60 Å². The first kappa shape index (κ1) is 16.8. The lowest BCUT2D eigenvalue weighted by molar-refractivity contribution is -0.135. The maximum atomic E-state index is 12.5. The number of allylic oxidation sites excluding steroid dienone is 2. The van der Waals surface area contributed by atoms with Crippen molar-refractivity contribution in [3.63, 3.8) is 0 Å². The lowest BCUT2D eigenvalue weighted by Crippen LogP contribution is -2.55. The number of carbonyl (C=O) groups is 1.